The number of rotatable bonds is 5. The third-order valence-electron chi connectivity index (χ3n) is 5.11. The highest BCUT2D eigenvalue weighted by Crippen LogP contribution is 2.34. The predicted octanol–water partition coefficient (Wildman–Crippen LogP) is 2.46. The van der Waals surface area contributed by atoms with Crippen LogP contribution >= 0.6 is 0 Å². The van der Waals surface area contributed by atoms with E-state index in [4.69, 9.17) is 0 Å². The van der Waals surface area contributed by atoms with Gasteiger partial charge in [0, 0.05) is 45.2 Å². The molecule has 2 aromatic carbocycles. The summed E-state index contributed by atoms with van der Waals surface area (Å²) in [6.07, 6.45) is 2.98. The van der Waals surface area contributed by atoms with Crippen LogP contribution in [-0.4, -0.2) is 57.8 Å². The van der Waals surface area contributed by atoms with Crippen LogP contribution in [0.25, 0.3) is 17.2 Å². The monoisotopic (exact) mass is 409 g/mol. The van der Waals surface area contributed by atoms with Crippen molar-refractivity contribution in [3.05, 3.63) is 69.8 Å². The van der Waals surface area contributed by atoms with Crippen molar-refractivity contribution in [2.45, 2.75) is 13.5 Å². The number of carbonyl (C=O) groups excluding carboxylic acids is 2. The molecule has 1 heterocycles. The molecule has 0 saturated carbocycles. The summed E-state index contributed by atoms with van der Waals surface area (Å²) in [5.74, 6) is -0.219. The van der Waals surface area contributed by atoms with Gasteiger partial charge in [0.1, 0.15) is 0 Å². The van der Waals surface area contributed by atoms with Crippen molar-refractivity contribution < 1.29 is 19.6 Å². The molecule has 0 radical (unpaired) electrons. The van der Waals surface area contributed by atoms with Crippen molar-refractivity contribution in [3.63, 3.8) is 0 Å². The van der Waals surface area contributed by atoms with E-state index in [2.05, 4.69) is 0 Å². The molecule has 0 spiro atoms. The van der Waals surface area contributed by atoms with Gasteiger partial charge in [-0.05, 0) is 28.8 Å². The Labute approximate surface area is 174 Å². The molecule has 8 nitrogen and oxygen atoms in total. The van der Waals surface area contributed by atoms with Crippen molar-refractivity contribution >= 4 is 23.6 Å². The molecule has 1 saturated heterocycles. The first-order chi connectivity index (χ1) is 14.4. The number of nitro groups is 1. The molecular weight excluding hydrogens is 386 g/mol. The van der Waals surface area contributed by atoms with Crippen LogP contribution in [0, 0.1) is 10.1 Å². The van der Waals surface area contributed by atoms with E-state index < -0.39 is 4.92 Å². The van der Waals surface area contributed by atoms with Crippen LogP contribution in [0.15, 0.2) is 48.5 Å². The molecule has 0 unspecified atom stereocenters. The Morgan fingerprint density at radius 1 is 1.10 bits per heavy atom. The van der Waals surface area contributed by atoms with Gasteiger partial charge in [-0.3, -0.25) is 19.7 Å². The van der Waals surface area contributed by atoms with E-state index in [9.17, 15) is 24.8 Å². The summed E-state index contributed by atoms with van der Waals surface area (Å²) in [7, 11) is 0. The average molecular weight is 409 g/mol. The lowest BCUT2D eigenvalue weighted by atomic mass is 9.96. The Morgan fingerprint density at radius 2 is 1.77 bits per heavy atom. The number of benzene rings is 2. The molecule has 1 N–H and O–H groups in total. The van der Waals surface area contributed by atoms with Crippen LogP contribution in [-0.2, 0) is 16.2 Å². The molecule has 156 valence electrons. The standard InChI is InChI=1S/C22H23N3O5/c1-16(27)23-10-12-24(13-11-23)21(28)9-8-18-5-3-7-20(25(29)30)22(18)19-6-2-4-17(14-19)15-26/h2-9,14,26H,10-13,15H2,1H3/b9-8+. The summed E-state index contributed by atoms with van der Waals surface area (Å²) in [4.78, 5) is 38.5. The first kappa shape index (κ1) is 21.2. The van der Waals surface area contributed by atoms with E-state index in [-0.39, 0.29) is 24.1 Å². The third kappa shape index (κ3) is 4.72. The highest BCUT2D eigenvalue weighted by molar-refractivity contribution is 5.94. The maximum Gasteiger partial charge on any atom is 0.277 e. The van der Waals surface area contributed by atoms with Gasteiger partial charge in [-0.1, -0.05) is 30.3 Å². The quantitative estimate of drug-likeness (QED) is 0.464. The van der Waals surface area contributed by atoms with Gasteiger partial charge in [0.25, 0.3) is 5.69 Å². The van der Waals surface area contributed by atoms with E-state index in [1.54, 1.807) is 52.3 Å². The zero-order valence-corrected chi connectivity index (χ0v) is 16.7. The minimum Gasteiger partial charge on any atom is -0.392 e. The molecular formula is C22H23N3O5. The molecule has 0 aromatic heterocycles. The van der Waals surface area contributed by atoms with E-state index in [0.717, 1.165) is 0 Å². The number of amides is 2. The van der Waals surface area contributed by atoms with Crippen molar-refractivity contribution in [3.8, 4) is 11.1 Å². The van der Waals surface area contributed by atoms with Gasteiger partial charge in [-0.2, -0.15) is 0 Å². The summed E-state index contributed by atoms with van der Waals surface area (Å²) in [5.41, 5.74) is 2.09. The summed E-state index contributed by atoms with van der Waals surface area (Å²) < 4.78 is 0. The molecule has 2 aromatic rings. The van der Waals surface area contributed by atoms with Crippen molar-refractivity contribution in [1.82, 2.24) is 9.80 Å². The Hall–Kier alpha value is -3.52. The number of piperazine rings is 1. The van der Waals surface area contributed by atoms with Crippen LogP contribution in [0.5, 0.6) is 0 Å². The van der Waals surface area contributed by atoms with Gasteiger partial charge in [0.2, 0.25) is 11.8 Å². The molecule has 1 aliphatic rings. The fourth-order valence-electron chi connectivity index (χ4n) is 3.50. The second-order valence-corrected chi connectivity index (χ2v) is 7.02. The van der Waals surface area contributed by atoms with E-state index in [1.807, 2.05) is 0 Å². The summed E-state index contributed by atoms with van der Waals surface area (Å²) in [6.45, 7) is 3.21. The topological polar surface area (TPSA) is 104 Å². The Kier molecular flexibility index (Phi) is 6.58. The van der Waals surface area contributed by atoms with Gasteiger partial charge >= 0.3 is 0 Å². The van der Waals surface area contributed by atoms with Crippen LogP contribution in [0.3, 0.4) is 0 Å². The van der Waals surface area contributed by atoms with Gasteiger partial charge in [0.15, 0.2) is 0 Å². The number of aliphatic hydroxyl groups excluding tert-OH is 1. The van der Waals surface area contributed by atoms with Crippen molar-refractivity contribution in [2.24, 2.45) is 0 Å². The lowest BCUT2D eigenvalue weighted by Crippen LogP contribution is -2.49. The number of hydrogen-bond donors (Lipinski definition) is 1. The van der Waals surface area contributed by atoms with Crippen LogP contribution in [0.1, 0.15) is 18.1 Å². The second kappa shape index (κ2) is 9.32. The smallest absolute Gasteiger partial charge is 0.277 e. The molecule has 8 heteroatoms. The normalized spacial score (nSPS) is 14.2. The fraction of sp³-hybridized carbons (Fsp3) is 0.273. The van der Waals surface area contributed by atoms with Crippen LogP contribution in [0.2, 0.25) is 0 Å². The summed E-state index contributed by atoms with van der Waals surface area (Å²) in [6, 6.07) is 11.6. The number of aliphatic hydroxyl groups is 1. The maximum absolute atomic E-state index is 12.6. The fourth-order valence-corrected chi connectivity index (χ4v) is 3.50. The largest absolute Gasteiger partial charge is 0.392 e. The second-order valence-electron chi connectivity index (χ2n) is 7.02. The SMILES string of the molecule is CC(=O)N1CCN(C(=O)/C=C/c2cccc([N+](=O)[O-])c2-c2cccc(CO)c2)CC1. The molecule has 0 bridgehead atoms. The van der Waals surface area contributed by atoms with Gasteiger partial charge in [-0.25, -0.2) is 0 Å². The Balaban J connectivity index is 1.89. The Morgan fingerprint density at radius 3 is 2.40 bits per heavy atom. The van der Waals surface area contributed by atoms with Gasteiger partial charge < -0.3 is 14.9 Å². The summed E-state index contributed by atoms with van der Waals surface area (Å²) >= 11 is 0. The van der Waals surface area contributed by atoms with Crippen LogP contribution in [0.4, 0.5) is 5.69 Å². The number of nitrogens with zero attached hydrogens (tertiary/aromatic N) is 3. The Bertz CT molecular complexity index is 994. The minimum atomic E-state index is -0.457. The molecule has 30 heavy (non-hydrogen) atoms. The molecule has 0 atom stereocenters. The molecule has 2 amide bonds. The third-order valence-corrected chi connectivity index (χ3v) is 5.11. The zero-order chi connectivity index (χ0) is 21.7. The van der Waals surface area contributed by atoms with Gasteiger partial charge in [0.05, 0.1) is 17.1 Å². The van der Waals surface area contributed by atoms with Crippen molar-refractivity contribution in [1.29, 1.82) is 0 Å². The lowest BCUT2D eigenvalue weighted by Gasteiger charge is -2.33. The first-order valence-corrected chi connectivity index (χ1v) is 9.60. The number of hydrogen-bond acceptors (Lipinski definition) is 5. The summed E-state index contributed by atoms with van der Waals surface area (Å²) in [5, 5.41) is 21.0. The van der Waals surface area contributed by atoms with Crippen LogP contribution < -0.4 is 0 Å². The lowest BCUT2D eigenvalue weighted by molar-refractivity contribution is -0.384. The average Bonchev–Trinajstić information content (AvgIpc) is 2.77. The number of carbonyl (C=O) groups is 2. The molecule has 0 aliphatic carbocycles. The van der Waals surface area contributed by atoms with Crippen molar-refractivity contribution in [2.75, 3.05) is 26.2 Å². The highest BCUT2D eigenvalue weighted by Gasteiger charge is 2.22. The maximum atomic E-state index is 12.6. The van der Waals surface area contributed by atoms with E-state index in [0.29, 0.717) is 48.4 Å². The minimum absolute atomic E-state index is 0.0102. The van der Waals surface area contributed by atoms with E-state index >= 15 is 0 Å². The highest BCUT2D eigenvalue weighted by atomic mass is 16.6. The first-order valence-electron chi connectivity index (χ1n) is 9.60. The molecule has 1 fully saturated rings. The zero-order valence-electron chi connectivity index (χ0n) is 16.7. The van der Waals surface area contributed by atoms with E-state index in [1.165, 1.54) is 19.1 Å². The predicted molar refractivity (Wildman–Crippen MR) is 112 cm³/mol. The van der Waals surface area contributed by atoms with Gasteiger partial charge in [-0.15, -0.1) is 0 Å². The molecule has 3 rings (SSSR count). The number of nitro benzene ring substituents is 1. The molecule has 1 aliphatic heterocycles.